The molecule has 13 heteroatoms. The second kappa shape index (κ2) is 13.7. The van der Waals surface area contributed by atoms with Gasteiger partial charge in [-0.15, -0.1) is 11.8 Å². The first-order chi connectivity index (χ1) is 21.6. The molecule has 1 saturated heterocycles. The van der Waals surface area contributed by atoms with Crippen LogP contribution in [0.25, 0.3) is 6.08 Å². The number of non-ortho nitro benzene ring substituents is 1. The van der Waals surface area contributed by atoms with E-state index in [0.29, 0.717) is 20.6 Å². The van der Waals surface area contributed by atoms with E-state index in [9.17, 15) is 33.7 Å². The third-order valence-electron chi connectivity index (χ3n) is 6.61. The largest absolute Gasteiger partial charge is 0.321 e. The SMILES string of the molecule is O=C(Nc1cccc(SC2CC(=O)N(c3ccc([N+](=O)[O-])cc3)C2=O)c1)/C(=C/c1c(F)cccc1Br)NC(=O)c1ccccc1. The lowest BCUT2D eigenvalue weighted by molar-refractivity contribution is -0.384. The van der Waals surface area contributed by atoms with E-state index in [4.69, 9.17) is 0 Å². The van der Waals surface area contributed by atoms with E-state index < -0.39 is 39.6 Å². The van der Waals surface area contributed by atoms with Crippen LogP contribution < -0.4 is 15.5 Å². The van der Waals surface area contributed by atoms with Crippen molar-refractivity contribution in [2.45, 2.75) is 16.6 Å². The van der Waals surface area contributed by atoms with Gasteiger partial charge in [-0.2, -0.15) is 0 Å². The number of amides is 4. The fourth-order valence-corrected chi connectivity index (χ4v) is 6.01. The number of nitro benzene ring substituents is 1. The van der Waals surface area contributed by atoms with E-state index in [-0.39, 0.29) is 29.1 Å². The van der Waals surface area contributed by atoms with Crippen molar-refractivity contribution in [1.82, 2.24) is 5.32 Å². The third kappa shape index (κ3) is 7.33. The molecule has 1 fully saturated rings. The highest BCUT2D eigenvalue weighted by Gasteiger charge is 2.40. The number of hydrogen-bond acceptors (Lipinski definition) is 7. The second-order valence-corrected chi connectivity index (χ2v) is 11.8. The van der Waals surface area contributed by atoms with Crippen molar-refractivity contribution in [1.29, 1.82) is 0 Å². The van der Waals surface area contributed by atoms with Crippen molar-refractivity contribution >= 4 is 74.5 Å². The van der Waals surface area contributed by atoms with Crippen molar-refractivity contribution in [3.63, 3.8) is 0 Å². The Balaban J connectivity index is 1.34. The summed E-state index contributed by atoms with van der Waals surface area (Å²) < 4.78 is 15.0. The number of imide groups is 1. The van der Waals surface area contributed by atoms with Gasteiger partial charge in [-0.3, -0.25) is 29.3 Å². The second-order valence-electron chi connectivity index (χ2n) is 9.65. The average molecular weight is 690 g/mol. The number of nitrogens with zero attached hydrogens (tertiary/aromatic N) is 2. The molecule has 226 valence electrons. The molecule has 4 amide bonds. The van der Waals surface area contributed by atoms with Gasteiger partial charge in [0.25, 0.3) is 17.5 Å². The van der Waals surface area contributed by atoms with Crippen molar-refractivity contribution in [2.24, 2.45) is 0 Å². The molecule has 0 aliphatic carbocycles. The summed E-state index contributed by atoms with van der Waals surface area (Å²) in [5, 5.41) is 15.5. The zero-order valence-corrected chi connectivity index (χ0v) is 25.5. The van der Waals surface area contributed by atoms with Crippen LogP contribution in [0, 0.1) is 15.9 Å². The van der Waals surface area contributed by atoms with Gasteiger partial charge in [0.2, 0.25) is 11.8 Å². The molecule has 1 atom stereocenters. The van der Waals surface area contributed by atoms with Crippen molar-refractivity contribution in [2.75, 3.05) is 10.2 Å². The van der Waals surface area contributed by atoms with Crippen LogP contribution >= 0.6 is 27.7 Å². The predicted octanol–water partition coefficient (Wildman–Crippen LogP) is 6.33. The van der Waals surface area contributed by atoms with Crippen LogP contribution in [0.15, 0.2) is 112 Å². The normalized spacial score (nSPS) is 14.8. The molecule has 0 spiro atoms. The quantitative estimate of drug-likeness (QED) is 0.0907. The summed E-state index contributed by atoms with van der Waals surface area (Å²) in [5.74, 6) is -2.83. The summed E-state index contributed by atoms with van der Waals surface area (Å²) in [7, 11) is 0. The van der Waals surface area contributed by atoms with E-state index in [1.54, 1.807) is 60.7 Å². The van der Waals surface area contributed by atoms with Crippen molar-refractivity contribution < 1.29 is 28.5 Å². The van der Waals surface area contributed by atoms with Crippen LogP contribution in [0.4, 0.5) is 21.5 Å². The zero-order chi connectivity index (χ0) is 32.1. The van der Waals surface area contributed by atoms with Crippen molar-refractivity contribution in [3.8, 4) is 0 Å². The van der Waals surface area contributed by atoms with Crippen LogP contribution in [0.2, 0.25) is 0 Å². The minimum Gasteiger partial charge on any atom is -0.321 e. The molecule has 4 aromatic rings. The van der Waals surface area contributed by atoms with Crippen molar-refractivity contribution in [3.05, 3.63) is 134 Å². The molecule has 2 N–H and O–H groups in total. The molecular formula is C32H22BrFN4O6S. The monoisotopic (exact) mass is 688 g/mol. The van der Waals surface area contributed by atoms with E-state index >= 15 is 0 Å². The lowest BCUT2D eigenvalue weighted by Crippen LogP contribution is -2.31. The summed E-state index contributed by atoms with van der Waals surface area (Å²) >= 11 is 4.40. The van der Waals surface area contributed by atoms with Gasteiger partial charge in [-0.25, -0.2) is 9.29 Å². The predicted molar refractivity (Wildman–Crippen MR) is 171 cm³/mol. The first-order valence-corrected chi connectivity index (χ1v) is 15.0. The number of hydrogen-bond donors (Lipinski definition) is 2. The molecule has 1 aliphatic heterocycles. The molecule has 1 aliphatic rings. The molecule has 0 saturated carbocycles. The van der Waals surface area contributed by atoms with E-state index in [1.165, 1.54) is 42.5 Å². The maximum Gasteiger partial charge on any atom is 0.272 e. The van der Waals surface area contributed by atoms with E-state index in [0.717, 1.165) is 16.7 Å². The minimum absolute atomic E-state index is 0.0577. The Bertz CT molecular complexity index is 1830. The number of carbonyl (C=O) groups excluding carboxylic acids is 4. The summed E-state index contributed by atoms with van der Waals surface area (Å²) in [6, 6.07) is 24.2. The summed E-state index contributed by atoms with van der Waals surface area (Å²) in [5.41, 5.74) is 0.521. The number of rotatable bonds is 9. The van der Waals surface area contributed by atoms with Gasteiger partial charge in [0, 0.05) is 44.7 Å². The fourth-order valence-electron chi connectivity index (χ4n) is 4.44. The van der Waals surface area contributed by atoms with Gasteiger partial charge in [-0.05, 0) is 60.7 Å². The van der Waals surface area contributed by atoms with Gasteiger partial charge >= 0.3 is 0 Å². The van der Waals surface area contributed by atoms with Gasteiger partial charge in [-0.1, -0.05) is 46.3 Å². The molecule has 45 heavy (non-hydrogen) atoms. The number of benzene rings is 4. The van der Waals surface area contributed by atoms with Crippen LogP contribution in [-0.2, 0) is 14.4 Å². The van der Waals surface area contributed by atoms with Gasteiger partial charge in [0.1, 0.15) is 11.5 Å². The maximum absolute atomic E-state index is 14.6. The standard InChI is InChI=1S/C32H22BrFN4O6S/c33-25-10-5-11-26(34)24(25)17-27(36-30(40)19-6-2-1-3-7-19)31(41)35-20-8-4-9-23(16-20)45-28-18-29(39)37(32(28)42)21-12-14-22(15-13-21)38(43)44/h1-17,28H,18H2,(H,35,41)(H,36,40)/b27-17-. The number of nitro groups is 1. The fraction of sp³-hybridized carbons (Fsp3) is 0.0625. The first kappa shape index (κ1) is 31.3. The Morgan fingerprint density at radius 2 is 1.69 bits per heavy atom. The first-order valence-electron chi connectivity index (χ1n) is 13.3. The van der Waals surface area contributed by atoms with Gasteiger partial charge in [0.05, 0.1) is 15.9 Å². The number of halogens is 2. The van der Waals surface area contributed by atoms with Gasteiger partial charge in [0.15, 0.2) is 0 Å². The number of thioether (sulfide) groups is 1. The molecule has 10 nitrogen and oxygen atoms in total. The third-order valence-corrected chi connectivity index (χ3v) is 8.48. The number of nitrogens with one attached hydrogen (secondary N) is 2. The smallest absolute Gasteiger partial charge is 0.272 e. The Morgan fingerprint density at radius 1 is 0.978 bits per heavy atom. The van der Waals surface area contributed by atoms with Crippen LogP contribution in [-0.4, -0.2) is 33.8 Å². The van der Waals surface area contributed by atoms with Crippen LogP contribution in [0.1, 0.15) is 22.3 Å². The Hall–Kier alpha value is -5.14. The summed E-state index contributed by atoms with van der Waals surface area (Å²) in [6.07, 6.45) is 1.14. The summed E-state index contributed by atoms with van der Waals surface area (Å²) in [6.45, 7) is 0. The molecule has 1 unspecified atom stereocenters. The molecule has 5 rings (SSSR count). The van der Waals surface area contributed by atoms with Crippen LogP contribution in [0.3, 0.4) is 0 Å². The molecule has 4 aromatic carbocycles. The Labute approximate surface area is 268 Å². The topological polar surface area (TPSA) is 139 Å². The average Bonchev–Trinajstić information content (AvgIpc) is 3.30. The zero-order valence-electron chi connectivity index (χ0n) is 23.1. The Kier molecular flexibility index (Phi) is 9.50. The highest BCUT2D eigenvalue weighted by molar-refractivity contribution is 9.10. The minimum atomic E-state index is -0.766. The highest BCUT2D eigenvalue weighted by atomic mass is 79.9. The molecule has 0 bridgehead atoms. The maximum atomic E-state index is 14.6. The molecular weight excluding hydrogens is 667 g/mol. The summed E-state index contributed by atoms with van der Waals surface area (Å²) in [4.78, 5) is 64.2. The van der Waals surface area contributed by atoms with E-state index in [1.807, 2.05) is 0 Å². The molecule has 0 radical (unpaired) electrons. The lowest BCUT2D eigenvalue weighted by Gasteiger charge is -2.15. The van der Waals surface area contributed by atoms with Crippen LogP contribution in [0.5, 0.6) is 0 Å². The molecule has 1 heterocycles. The number of carbonyl (C=O) groups is 4. The number of anilines is 2. The lowest BCUT2D eigenvalue weighted by atomic mass is 10.1. The Morgan fingerprint density at radius 3 is 2.38 bits per heavy atom. The highest BCUT2D eigenvalue weighted by Crippen LogP contribution is 2.35. The molecule has 0 aromatic heterocycles. The van der Waals surface area contributed by atoms with Gasteiger partial charge < -0.3 is 10.6 Å². The van der Waals surface area contributed by atoms with E-state index in [2.05, 4.69) is 26.6 Å².